The van der Waals surface area contributed by atoms with Crippen LogP contribution in [-0.2, 0) is 4.79 Å². The highest BCUT2D eigenvalue weighted by Crippen LogP contribution is 2.29. The number of benzene rings is 2. The number of nitrogen functional groups attached to an aromatic ring is 1. The number of nitrogens with one attached hydrogen (secondary N) is 2. The van der Waals surface area contributed by atoms with Crippen molar-refractivity contribution in [3.63, 3.8) is 0 Å². The monoisotopic (exact) mass is 457 g/mol. The Morgan fingerprint density at radius 1 is 1.12 bits per heavy atom. The van der Waals surface area contributed by atoms with E-state index in [9.17, 15) is 9.18 Å². The summed E-state index contributed by atoms with van der Waals surface area (Å²) in [5, 5.41) is 6.27. The van der Waals surface area contributed by atoms with E-state index in [1.165, 1.54) is 6.07 Å². The van der Waals surface area contributed by atoms with E-state index in [2.05, 4.69) is 20.6 Å². The second-order valence-electron chi connectivity index (χ2n) is 8.22. The molecule has 1 fully saturated rings. The molecule has 1 atom stereocenters. The van der Waals surface area contributed by atoms with Crippen LogP contribution in [-0.4, -0.2) is 46.5 Å². The van der Waals surface area contributed by atoms with Gasteiger partial charge in [-0.15, -0.1) is 0 Å². The third-order valence-electron chi connectivity index (χ3n) is 5.79. The maximum absolute atomic E-state index is 14.4. The molecule has 3 heterocycles. The third kappa shape index (κ3) is 4.25. The van der Waals surface area contributed by atoms with Crippen molar-refractivity contribution in [3.8, 4) is 11.3 Å². The van der Waals surface area contributed by atoms with Crippen LogP contribution in [0.4, 0.5) is 21.8 Å². The standard InChI is InChI=1S/C25H24FN7O/c1-15-5-4-6-16(13-15)29-24(34)21-14-28-11-12-33(21)23-22-20(31-25(27)32-23)10-9-19(30-22)17-7-2-3-8-18(17)26/h2-10,13,21,28H,11-12,14H2,1H3,(H,29,34)(H2,27,31,32). The lowest BCUT2D eigenvalue weighted by molar-refractivity contribution is -0.117. The van der Waals surface area contributed by atoms with Crippen molar-refractivity contribution in [1.29, 1.82) is 0 Å². The highest BCUT2D eigenvalue weighted by atomic mass is 19.1. The summed E-state index contributed by atoms with van der Waals surface area (Å²) >= 11 is 0. The summed E-state index contributed by atoms with van der Waals surface area (Å²) in [6, 6.07) is 17.0. The predicted molar refractivity (Wildman–Crippen MR) is 131 cm³/mol. The summed E-state index contributed by atoms with van der Waals surface area (Å²) in [5.41, 5.74) is 9.61. The molecule has 0 radical (unpaired) electrons. The number of pyridine rings is 1. The summed E-state index contributed by atoms with van der Waals surface area (Å²) in [7, 11) is 0. The molecule has 1 unspecified atom stereocenters. The molecular weight excluding hydrogens is 433 g/mol. The smallest absolute Gasteiger partial charge is 0.248 e. The Bertz CT molecular complexity index is 1380. The number of rotatable bonds is 4. The molecule has 5 rings (SSSR count). The van der Waals surface area contributed by atoms with Crippen molar-refractivity contribution >= 4 is 34.4 Å². The number of aryl methyl sites for hydroxylation is 1. The Hall–Kier alpha value is -4.11. The molecule has 1 saturated heterocycles. The van der Waals surface area contributed by atoms with Crippen molar-refractivity contribution in [3.05, 3.63) is 72.0 Å². The van der Waals surface area contributed by atoms with Gasteiger partial charge in [0.25, 0.3) is 0 Å². The first-order valence-corrected chi connectivity index (χ1v) is 11.0. The molecule has 1 aliphatic heterocycles. The minimum absolute atomic E-state index is 0.0827. The maximum atomic E-state index is 14.4. The highest BCUT2D eigenvalue weighted by molar-refractivity contribution is 5.99. The van der Waals surface area contributed by atoms with Crippen LogP contribution in [0, 0.1) is 12.7 Å². The topological polar surface area (TPSA) is 109 Å². The molecule has 4 N–H and O–H groups in total. The first kappa shape index (κ1) is 21.7. The molecule has 0 spiro atoms. The van der Waals surface area contributed by atoms with Gasteiger partial charge in [-0.05, 0) is 48.9 Å². The second-order valence-corrected chi connectivity index (χ2v) is 8.22. The molecule has 0 bridgehead atoms. The van der Waals surface area contributed by atoms with Gasteiger partial charge in [-0.1, -0.05) is 24.3 Å². The second kappa shape index (κ2) is 9.03. The van der Waals surface area contributed by atoms with E-state index in [1.807, 2.05) is 36.1 Å². The van der Waals surface area contributed by atoms with Crippen molar-refractivity contribution in [2.24, 2.45) is 0 Å². The summed E-state index contributed by atoms with van der Waals surface area (Å²) in [6.45, 7) is 3.57. The van der Waals surface area contributed by atoms with E-state index < -0.39 is 6.04 Å². The van der Waals surface area contributed by atoms with Gasteiger partial charge in [-0.25, -0.2) is 14.4 Å². The minimum Gasteiger partial charge on any atom is -0.368 e. The molecule has 0 aliphatic carbocycles. The van der Waals surface area contributed by atoms with Crippen LogP contribution in [0.25, 0.3) is 22.3 Å². The SMILES string of the molecule is Cc1cccc(NC(=O)C2CNCCN2c2nc(N)nc3ccc(-c4ccccc4F)nc23)c1. The number of amides is 1. The zero-order valence-corrected chi connectivity index (χ0v) is 18.6. The molecule has 172 valence electrons. The first-order valence-electron chi connectivity index (χ1n) is 11.0. The van der Waals surface area contributed by atoms with Crippen molar-refractivity contribution in [1.82, 2.24) is 20.3 Å². The summed E-state index contributed by atoms with van der Waals surface area (Å²) < 4.78 is 14.4. The largest absolute Gasteiger partial charge is 0.368 e. The summed E-state index contributed by atoms with van der Waals surface area (Å²) in [6.07, 6.45) is 0. The number of hydrogen-bond donors (Lipinski definition) is 3. The molecule has 2 aromatic carbocycles. The molecule has 1 aliphatic rings. The third-order valence-corrected chi connectivity index (χ3v) is 5.79. The van der Waals surface area contributed by atoms with Crippen LogP contribution in [0.2, 0.25) is 0 Å². The number of nitrogens with two attached hydrogens (primary N) is 1. The van der Waals surface area contributed by atoms with Gasteiger partial charge in [-0.2, -0.15) is 4.98 Å². The molecule has 1 amide bonds. The number of carbonyl (C=O) groups is 1. The number of carbonyl (C=O) groups excluding carboxylic acids is 1. The predicted octanol–water partition coefficient (Wildman–Crippen LogP) is 3.14. The van der Waals surface area contributed by atoms with Gasteiger partial charge in [0.05, 0.1) is 11.2 Å². The van der Waals surface area contributed by atoms with Crippen LogP contribution >= 0.6 is 0 Å². The Balaban J connectivity index is 1.56. The zero-order chi connectivity index (χ0) is 23.7. The van der Waals surface area contributed by atoms with Gasteiger partial charge >= 0.3 is 0 Å². The average molecular weight is 458 g/mol. The average Bonchev–Trinajstić information content (AvgIpc) is 2.83. The first-order chi connectivity index (χ1) is 16.5. The molecular formula is C25H24FN7O. The van der Waals surface area contributed by atoms with Crippen LogP contribution in [0.5, 0.6) is 0 Å². The van der Waals surface area contributed by atoms with Gasteiger partial charge in [-0.3, -0.25) is 4.79 Å². The molecule has 34 heavy (non-hydrogen) atoms. The van der Waals surface area contributed by atoms with Gasteiger partial charge in [0.2, 0.25) is 11.9 Å². The van der Waals surface area contributed by atoms with Crippen molar-refractivity contribution in [2.45, 2.75) is 13.0 Å². The number of anilines is 3. The van der Waals surface area contributed by atoms with Gasteiger partial charge in [0.1, 0.15) is 17.4 Å². The summed E-state index contributed by atoms with van der Waals surface area (Å²) in [5.74, 6) is -0.0101. The lowest BCUT2D eigenvalue weighted by Gasteiger charge is -2.36. The van der Waals surface area contributed by atoms with Crippen LogP contribution in [0.15, 0.2) is 60.7 Å². The molecule has 8 nitrogen and oxygen atoms in total. The highest BCUT2D eigenvalue weighted by Gasteiger charge is 2.32. The van der Waals surface area contributed by atoms with E-state index in [4.69, 9.17) is 10.7 Å². The number of hydrogen-bond acceptors (Lipinski definition) is 7. The molecule has 9 heteroatoms. The Morgan fingerprint density at radius 2 is 1.97 bits per heavy atom. The van der Waals surface area contributed by atoms with E-state index in [0.717, 1.165) is 11.3 Å². The fraction of sp³-hybridized carbons (Fsp3) is 0.200. The fourth-order valence-electron chi connectivity index (χ4n) is 4.18. The van der Waals surface area contributed by atoms with E-state index in [1.54, 1.807) is 30.3 Å². The minimum atomic E-state index is -0.550. The molecule has 2 aromatic heterocycles. The van der Waals surface area contributed by atoms with E-state index in [0.29, 0.717) is 47.7 Å². The fourth-order valence-corrected chi connectivity index (χ4v) is 4.18. The quantitative estimate of drug-likeness (QED) is 0.432. The zero-order valence-electron chi connectivity index (χ0n) is 18.6. The molecule has 4 aromatic rings. The van der Waals surface area contributed by atoms with Crippen LogP contribution in [0.3, 0.4) is 0 Å². The number of fused-ring (bicyclic) bond motifs is 1. The van der Waals surface area contributed by atoms with Gasteiger partial charge in [0.15, 0.2) is 5.82 Å². The number of aromatic nitrogens is 3. The lowest BCUT2D eigenvalue weighted by atomic mass is 10.1. The summed E-state index contributed by atoms with van der Waals surface area (Å²) in [4.78, 5) is 28.6. The molecule has 0 saturated carbocycles. The number of halogens is 1. The number of piperazine rings is 1. The van der Waals surface area contributed by atoms with Gasteiger partial charge in [0, 0.05) is 30.9 Å². The lowest BCUT2D eigenvalue weighted by Crippen LogP contribution is -2.57. The van der Waals surface area contributed by atoms with E-state index in [-0.39, 0.29) is 17.7 Å². The van der Waals surface area contributed by atoms with Crippen molar-refractivity contribution in [2.75, 3.05) is 35.6 Å². The number of nitrogens with zero attached hydrogens (tertiary/aromatic N) is 4. The van der Waals surface area contributed by atoms with E-state index >= 15 is 0 Å². The van der Waals surface area contributed by atoms with Crippen LogP contribution < -0.4 is 21.3 Å². The maximum Gasteiger partial charge on any atom is 0.248 e. The van der Waals surface area contributed by atoms with Gasteiger partial charge < -0.3 is 21.3 Å². The van der Waals surface area contributed by atoms with Crippen molar-refractivity contribution < 1.29 is 9.18 Å². The Kier molecular flexibility index (Phi) is 5.77. The Labute approximate surface area is 196 Å². The van der Waals surface area contributed by atoms with Crippen LogP contribution in [0.1, 0.15) is 5.56 Å². The Morgan fingerprint density at radius 3 is 2.79 bits per heavy atom. The normalized spacial score (nSPS) is 15.9.